The predicted molar refractivity (Wildman–Crippen MR) is 169 cm³/mol. The van der Waals surface area contributed by atoms with Gasteiger partial charge in [0.15, 0.2) is 5.82 Å². The van der Waals surface area contributed by atoms with E-state index >= 15 is 0 Å². The van der Waals surface area contributed by atoms with Crippen LogP contribution in [0.15, 0.2) is 48.8 Å². The molecule has 2 aromatic carbocycles. The number of carbonyl (C=O) groups excluding carboxylic acids is 1. The van der Waals surface area contributed by atoms with Crippen LogP contribution in [-0.4, -0.2) is 72.2 Å². The number of aromatic nitrogens is 5. The van der Waals surface area contributed by atoms with E-state index in [1.807, 2.05) is 36.5 Å². The number of aryl methyl sites for hydroxylation is 1. The van der Waals surface area contributed by atoms with E-state index in [4.69, 9.17) is 15.5 Å². The molecule has 3 N–H and O–H groups in total. The monoisotopic (exact) mass is 593 g/mol. The van der Waals surface area contributed by atoms with Crippen LogP contribution in [0.25, 0.3) is 44.6 Å². The van der Waals surface area contributed by atoms with Crippen LogP contribution in [0.4, 0.5) is 0 Å². The van der Waals surface area contributed by atoms with E-state index in [-0.39, 0.29) is 24.6 Å². The summed E-state index contributed by atoms with van der Waals surface area (Å²) in [7, 11) is 3.68. The first-order valence-electron chi connectivity index (χ1n) is 15.8. The van der Waals surface area contributed by atoms with E-state index in [2.05, 4.69) is 38.5 Å². The summed E-state index contributed by atoms with van der Waals surface area (Å²) in [5.74, 6) is 2.53. The topological polar surface area (TPSA) is 116 Å². The Balaban J connectivity index is 1.25. The number of aliphatic hydroxyl groups is 1. The maximum absolute atomic E-state index is 13.9. The van der Waals surface area contributed by atoms with Gasteiger partial charge in [-0.25, -0.2) is 4.98 Å². The molecule has 3 aromatic heterocycles. The fraction of sp³-hybridized carbons (Fsp3) is 0.441. The number of nitrogens with zero attached hydrogens (tertiary/aromatic N) is 6. The molecule has 10 heteroatoms. The highest BCUT2D eigenvalue weighted by molar-refractivity contribution is 6.01. The van der Waals surface area contributed by atoms with E-state index in [0.717, 1.165) is 76.9 Å². The fourth-order valence-electron chi connectivity index (χ4n) is 7.61. The molecule has 44 heavy (non-hydrogen) atoms. The highest BCUT2D eigenvalue weighted by Gasteiger charge is 2.41. The first kappa shape index (κ1) is 27.4. The number of hydrogen-bond donors (Lipinski definition) is 2. The summed E-state index contributed by atoms with van der Waals surface area (Å²) in [4.78, 5) is 21.1. The molecule has 9 rings (SSSR count). The van der Waals surface area contributed by atoms with Gasteiger partial charge in [-0.3, -0.25) is 9.48 Å². The van der Waals surface area contributed by atoms with E-state index in [9.17, 15) is 9.90 Å². The van der Waals surface area contributed by atoms with E-state index in [1.54, 1.807) is 11.8 Å². The van der Waals surface area contributed by atoms with E-state index in [1.165, 1.54) is 12.8 Å². The van der Waals surface area contributed by atoms with Crippen molar-refractivity contribution in [3.05, 3.63) is 54.4 Å². The zero-order valence-electron chi connectivity index (χ0n) is 25.3. The lowest BCUT2D eigenvalue weighted by atomic mass is 9.76. The Bertz CT molecular complexity index is 1900. The average Bonchev–Trinajstić information content (AvgIpc) is 3.45. The largest absolute Gasteiger partial charge is 0.494 e. The average molecular weight is 594 g/mol. The van der Waals surface area contributed by atoms with Crippen molar-refractivity contribution in [2.75, 3.05) is 20.3 Å². The van der Waals surface area contributed by atoms with Crippen LogP contribution in [0.1, 0.15) is 42.5 Å². The number of ether oxygens (including phenoxy) is 1. The smallest absolute Gasteiger partial charge is 0.254 e. The van der Waals surface area contributed by atoms with Gasteiger partial charge >= 0.3 is 0 Å². The van der Waals surface area contributed by atoms with E-state index < -0.39 is 0 Å². The molecule has 2 saturated carbocycles. The number of amides is 1. The molecule has 0 unspecified atom stereocenters. The van der Waals surface area contributed by atoms with Gasteiger partial charge in [0.1, 0.15) is 11.3 Å². The molecule has 1 amide bonds. The van der Waals surface area contributed by atoms with Crippen LogP contribution < -0.4 is 10.5 Å². The number of methoxy groups -OCH3 is 1. The molecule has 4 aliphatic rings. The number of fused-ring (bicyclic) bond motifs is 5. The van der Waals surface area contributed by atoms with Gasteiger partial charge < -0.3 is 29.6 Å². The van der Waals surface area contributed by atoms with Crippen molar-refractivity contribution in [2.45, 2.75) is 57.3 Å². The summed E-state index contributed by atoms with van der Waals surface area (Å²) < 4.78 is 12.2. The lowest BCUT2D eigenvalue weighted by molar-refractivity contribution is 0.0261. The number of imidazole rings is 1. The third-order valence-corrected chi connectivity index (χ3v) is 10.1. The summed E-state index contributed by atoms with van der Waals surface area (Å²) in [6, 6.07) is 12.8. The van der Waals surface area contributed by atoms with Crippen LogP contribution in [0.2, 0.25) is 0 Å². The maximum atomic E-state index is 13.9. The molecular weight excluding hydrogens is 554 g/mol. The Hall–Kier alpha value is -4.15. The first-order chi connectivity index (χ1) is 21.4. The minimum absolute atomic E-state index is 0.0354. The number of para-hydroxylation sites is 1. The highest BCUT2D eigenvalue weighted by atomic mass is 16.5. The molecule has 3 atom stereocenters. The number of rotatable bonds is 8. The highest BCUT2D eigenvalue weighted by Crippen LogP contribution is 2.41. The van der Waals surface area contributed by atoms with Gasteiger partial charge in [0.05, 0.1) is 43.2 Å². The number of piperidine rings is 2. The second-order valence-corrected chi connectivity index (χ2v) is 12.9. The minimum Gasteiger partial charge on any atom is -0.494 e. The van der Waals surface area contributed by atoms with Crippen LogP contribution in [0.3, 0.4) is 0 Å². The summed E-state index contributed by atoms with van der Waals surface area (Å²) >= 11 is 0. The molecule has 10 nitrogen and oxygen atoms in total. The van der Waals surface area contributed by atoms with Gasteiger partial charge in [0.25, 0.3) is 5.91 Å². The van der Waals surface area contributed by atoms with Crippen LogP contribution in [0, 0.1) is 11.8 Å². The van der Waals surface area contributed by atoms with Gasteiger partial charge in [-0.1, -0.05) is 18.2 Å². The first-order valence-corrected chi connectivity index (χ1v) is 15.8. The molecule has 2 aliphatic carbocycles. The van der Waals surface area contributed by atoms with Crippen molar-refractivity contribution in [1.29, 1.82) is 0 Å². The van der Waals surface area contributed by atoms with Gasteiger partial charge in [0.2, 0.25) is 0 Å². The standard InChI is InChI=1S/C34H39N7O3/c1-38-32-28(12-23(14-30(32)44-2)34(43)40-19-22-8-9-25(40)15-27(22)35)37-33(38)29-13-21-4-3-5-26(24-16-36-39(18-24)10-11-42)31(21)41(29)17-20-6-7-20/h3-5,12-14,16,18,20,22,25,27,42H,6-11,15,17,19,35H2,1-2H3/t22-,25-,27+/m1/s1. The molecule has 2 bridgehead atoms. The number of carbonyl (C=O) groups is 1. The quantitative estimate of drug-likeness (QED) is 0.275. The zero-order chi connectivity index (χ0) is 30.1. The predicted octanol–water partition coefficient (Wildman–Crippen LogP) is 4.42. The summed E-state index contributed by atoms with van der Waals surface area (Å²) in [5, 5.41) is 15.0. The van der Waals surface area contributed by atoms with Crippen LogP contribution >= 0.6 is 0 Å². The number of nitrogens with two attached hydrogens (primary N) is 1. The Morgan fingerprint density at radius 1 is 1.14 bits per heavy atom. The summed E-state index contributed by atoms with van der Waals surface area (Å²) in [5.41, 5.74) is 12.9. The molecule has 0 spiro atoms. The Morgan fingerprint density at radius 2 is 2.00 bits per heavy atom. The minimum atomic E-state index is 0.0354. The molecule has 5 aromatic rings. The van der Waals surface area contributed by atoms with Gasteiger partial charge in [-0.05, 0) is 62.1 Å². The Morgan fingerprint density at radius 3 is 2.73 bits per heavy atom. The van der Waals surface area contributed by atoms with Crippen LogP contribution in [0.5, 0.6) is 5.75 Å². The molecule has 0 radical (unpaired) electrons. The third kappa shape index (κ3) is 4.42. The lowest BCUT2D eigenvalue weighted by Gasteiger charge is -2.48. The molecule has 4 fully saturated rings. The van der Waals surface area contributed by atoms with Gasteiger partial charge in [0, 0.05) is 60.5 Å². The molecule has 2 aliphatic heterocycles. The summed E-state index contributed by atoms with van der Waals surface area (Å²) in [6.07, 6.45) is 9.31. The number of hydrogen-bond acceptors (Lipinski definition) is 6. The summed E-state index contributed by atoms with van der Waals surface area (Å²) in [6.45, 7) is 2.14. The number of aliphatic hydroxyl groups excluding tert-OH is 1. The van der Waals surface area contributed by atoms with Crippen molar-refractivity contribution in [2.24, 2.45) is 24.6 Å². The number of benzene rings is 2. The van der Waals surface area contributed by atoms with Crippen molar-refractivity contribution < 1.29 is 14.6 Å². The molecule has 228 valence electrons. The van der Waals surface area contributed by atoms with Crippen molar-refractivity contribution in [1.82, 2.24) is 28.8 Å². The fourth-order valence-corrected chi connectivity index (χ4v) is 7.61. The van der Waals surface area contributed by atoms with Gasteiger partial charge in [-0.15, -0.1) is 0 Å². The normalized spacial score (nSPS) is 21.5. The van der Waals surface area contributed by atoms with Crippen molar-refractivity contribution >= 4 is 27.8 Å². The van der Waals surface area contributed by atoms with E-state index in [0.29, 0.717) is 29.7 Å². The second-order valence-electron chi connectivity index (χ2n) is 12.9. The third-order valence-electron chi connectivity index (χ3n) is 10.1. The molecular formula is C34H39N7O3. The van der Waals surface area contributed by atoms with Crippen molar-refractivity contribution in [3.63, 3.8) is 0 Å². The Labute approximate surface area is 256 Å². The molecule has 2 saturated heterocycles. The SMILES string of the molecule is COc1cc(C(=O)N2C[C@H]3CC[C@@H]2C[C@@H]3N)cc2nc(-c3cc4cccc(-c5cnn(CCO)c5)c4n3CC3CC3)n(C)c12. The van der Waals surface area contributed by atoms with Crippen molar-refractivity contribution in [3.8, 4) is 28.4 Å². The van der Waals surface area contributed by atoms with Crippen LogP contribution in [-0.2, 0) is 20.1 Å². The Kier molecular flexibility index (Phi) is 6.53. The molecule has 5 heterocycles. The zero-order valence-corrected chi connectivity index (χ0v) is 25.3. The maximum Gasteiger partial charge on any atom is 0.254 e. The van der Waals surface area contributed by atoms with Gasteiger partial charge in [-0.2, -0.15) is 5.10 Å². The lowest BCUT2D eigenvalue weighted by Crippen LogP contribution is -2.58. The second kappa shape index (κ2) is 10.5.